The van der Waals surface area contributed by atoms with Crippen LogP contribution in [0.4, 0.5) is 5.69 Å². The van der Waals surface area contributed by atoms with Gasteiger partial charge in [0.05, 0.1) is 20.3 Å². The smallest absolute Gasteiger partial charge is 0.373 e. The highest BCUT2D eigenvalue weighted by Gasteiger charge is 2.14. The predicted molar refractivity (Wildman–Crippen MR) is 115 cm³/mol. The summed E-state index contributed by atoms with van der Waals surface area (Å²) in [5.41, 5.74) is 1.18. The van der Waals surface area contributed by atoms with Gasteiger partial charge in [-0.15, -0.1) is 0 Å². The quantitative estimate of drug-likeness (QED) is 0.290. The molecule has 1 rings (SSSR count). The Balaban J connectivity index is 2.77. The molecule has 8 nitrogen and oxygen atoms in total. The number of ether oxygens (including phenoxy) is 3. The fraction of sp³-hybridized carbons (Fsp3) is 0.391. The van der Waals surface area contributed by atoms with Crippen LogP contribution in [0.25, 0.3) is 0 Å². The van der Waals surface area contributed by atoms with Gasteiger partial charge in [0.15, 0.2) is 17.3 Å². The van der Waals surface area contributed by atoms with Crippen molar-refractivity contribution in [3.63, 3.8) is 0 Å². The van der Waals surface area contributed by atoms with E-state index < -0.39 is 11.9 Å². The lowest BCUT2D eigenvalue weighted by atomic mass is 10.1. The molecule has 8 heteroatoms. The van der Waals surface area contributed by atoms with Gasteiger partial charge in [-0.05, 0) is 30.5 Å². The Morgan fingerprint density at radius 2 is 1.48 bits per heavy atom. The normalized spacial score (nSPS) is 11.5. The van der Waals surface area contributed by atoms with Crippen molar-refractivity contribution in [2.45, 2.75) is 40.0 Å². The highest BCUT2D eigenvalue weighted by Crippen LogP contribution is 2.12. The number of hydrogen-bond donors (Lipinski definition) is 1. The number of hydrogen-bond acceptors (Lipinski definition) is 7. The van der Waals surface area contributed by atoms with E-state index in [9.17, 15) is 19.2 Å². The minimum atomic E-state index is -0.708. The first-order valence-electron chi connectivity index (χ1n) is 10.0. The second-order valence-corrected chi connectivity index (χ2v) is 6.59. The van der Waals surface area contributed by atoms with Gasteiger partial charge in [-0.25, -0.2) is 4.79 Å². The molecule has 0 aliphatic rings. The molecule has 0 aliphatic carbocycles. The van der Waals surface area contributed by atoms with E-state index in [1.54, 1.807) is 24.3 Å². The molecule has 0 radical (unpaired) electrons. The first kappa shape index (κ1) is 25.6. The van der Waals surface area contributed by atoms with Crippen LogP contribution in [-0.2, 0) is 39.8 Å². The number of carbonyl (C=O) groups excluding carboxylic acids is 4. The Morgan fingerprint density at radius 1 is 0.903 bits per heavy atom. The molecule has 1 aromatic carbocycles. The number of amides is 1. The van der Waals surface area contributed by atoms with Crippen molar-refractivity contribution in [3.05, 3.63) is 53.5 Å². The summed E-state index contributed by atoms with van der Waals surface area (Å²) in [4.78, 5) is 47.6. The standard InChI is InChI=1S/C23H29NO7/c1-5-11-30-20(16(3)25)15-22(27)24-18-9-7-17(8-10-18)13-19(26)14-21(23(28)29-4)31-12-6-2/h7-10,14-15H,5-6,11-13H2,1-4H3,(H,24,27)/b20-15+,21-14+. The molecule has 0 atom stereocenters. The Labute approximate surface area is 182 Å². The number of nitrogens with one attached hydrogen (secondary N) is 1. The molecule has 0 bridgehead atoms. The molecule has 0 aliphatic heterocycles. The minimum absolute atomic E-state index is 0.0000520. The average molecular weight is 431 g/mol. The zero-order valence-electron chi connectivity index (χ0n) is 18.4. The summed E-state index contributed by atoms with van der Waals surface area (Å²) in [6.45, 7) is 5.75. The Bertz CT molecular complexity index is 838. The number of ketones is 2. The number of methoxy groups -OCH3 is 1. The number of allylic oxidation sites excluding steroid dienone is 2. The summed E-state index contributed by atoms with van der Waals surface area (Å²) in [6, 6.07) is 6.62. The first-order chi connectivity index (χ1) is 14.8. The van der Waals surface area contributed by atoms with Crippen molar-refractivity contribution < 1.29 is 33.4 Å². The number of Topliss-reactive ketones (excluding diaryl/α,β-unsaturated/α-hetero) is 1. The van der Waals surface area contributed by atoms with Gasteiger partial charge >= 0.3 is 5.97 Å². The predicted octanol–water partition coefficient (Wildman–Crippen LogP) is 3.12. The van der Waals surface area contributed by atoms with Crippen molar-refractivity contribution in [1.82, 2.24) is 0 Å². The largest absolute Gasteiger partial charge is 0.490 e. The highest BCUT2D eigenvalue weighted by molar-refractivity contribution is 6.05. The zero-order chi connectivity index (χ0) is 23.2. The molecule has 0 spiro atoms. The van der Waals surface area contributed by atoms with E-state index in [0.29, 0.717) is 37.3 Å². The maximum atomic E-state index is 12.3. The van der Waals surface area contributed by atoms with Crippen molar-refractivity contribution in [2.75, 3.05) is 25.6 Å². The maximum Gasteiger partial charge on any atom is 0.373 e. The Morgan fingerprint density at radius 3 is 2.00 bits per heavy atom. The molecule has 168 valence electrons. The van der Waals surface area contributed by atoms with E-state index >= 15 is 0 Å². The number of rotatable bonds is 13. The summed E-state index contributed by atoms with van der Waals surface area (Å²) < 4.78 is 15.2. The summed E-state index contributed by atoms with van der Waals surface area (Å²) in [7, 11) is 1.22. The molecule has 0 saturated carbocycles. The van der Waals surface area contributed by atoms with Gasteiger partial charge in [-0.2, -0.15) is 0 Å². The highest BCUT2D eigenvalue weighted by atomic mass is 16.6. The van der Waals surface area contributed by atoms with Gasteiger partial charge in [0.25, 0.3) is 5.91 Å². The van der Waals surface area contributed by atoms with E-state index in [2.05, 4.69) is 10.1 Å². The minimum Gasteiger partial charge on any atom is -0.490 e. The van der Waals surface area contributed by atoms with Crippen LogP contribution < -0.4 is 5.32 Å². The van der Waals surface area contributed by atoms with Crippen molar-refractivity contribution in [2.24, 2.45) is 0 Å². The van der Waals surface area contributed by atoms with Crippen molar-refractivity contribution in [1.29, 1.82) is 0 Å². The number of carbonyl (C=O) groups is 4. The lowest BCUT2D eigenvalue weighted by molar-refractivity contribution is -0.140. The third-order valence-corrected chi connectivity index (χ3v) is 3.81. The van der Waals surface area contributed by atoms with Crippen molar-refractivity contribution in [3.8, 4) is 0 Å². The third-order valence-electron chi connectivity index (χ3n) is 3.81. The molecule has 0 aromatic heterocycles. The fourth-order valence-corrected chi connectivity index (χ4v) is 2.33. The van der Waals surface area contributed by atoms with Gasteiger partial charge in [0.2, 0.25) is 5.76 Å². The van der Waals surface area contributed by atoms with Crippen LogP contribution in [0.1, 0.15) is 39.2 Å². The molecule has 1 N–H and O–H groups in total. The van der Waals surface area contributed by atoms with Crippen LogP contribution in [0.3, 0.4) is 0 Å². The van der Waals surface area contributed by atoms with Crippen LogP contribution in [0.2, 0.25) is 0 Å². The Hall–Kier alpha value is -3.42. The number of anilines is 1. The van der Waals surface area contributed by atoms with Gasteiger partial charge in [-0.1, -0.05) is 26.0 Å². The van der Waals surface area contributed by atoms with E-state index in [1.807, 2.05) is 13.8 Å². The molecular formula is C23H29NO7. The summed E-state index contributed by atoms with van der Waals surface area (Å²) in [5.74, 6) is -1.99. The summed E-state index contributed by atoms with van der Waals surface area (Å²) in [5, 5.41) is 2.64. The summed E-state index contributed by atoms with van der Waals surface area (Å²) >= 11 is 0. The third kappa shape index (κ3) is 9.75. The first-order valence-corrected chi connectivity index (χ1v) is 10.0. The molecule has 0 saturated heterocycles. The van der Waals surface area contributed by atoms with Crippen LogP contribution in [0, 0.1) is 0 Å². The molecule has 31 heavy (non-hydrogen) atoms. The van der Waals surface area contributed by atoms with E-state index in [-0.39, 0.29) is 29.5 Å². The van der Waals surface area contributed by atoms with Crippen LogP contribution in [0.15, 0.2) is 47.9 Å². The molecule has 0 fully saturated rings. The SMILES string of the molecule is CCCO/C(=C/C(=O)Nc1ccc(CC(=O)/C=C(/OCCC)C(=O)OC)cc1)C(C)=O. The van der Waals surface area contributed by atoms with E-state index in [0.717, 1.165) is 12.2 Å². The van der Waals surface area contributed by atoms with Gasteiger partial charge < -0.3 is 19.5 Å². The van der Waals surface area contributed by atoms with Gasteiger partial charge in [-0.3, -0.25) is 14.4 Å². The average Bonchev–Trinajstić information content (AvgIpc) is 2.74. The zero-order valence-corrected chi connectivity index (χ0v) is 18.4. The second kappa shape index (κ2) is 13.7. The van der Waals surface area contributed by atoms with E-state index in [1.165, 1.54) is 14.0 Å². The van der Waals surface area contributed by atoms with E-state index in [4.69, 9.17) is 9.47 Å². The summed E-state index contributed by atoms with van der Waals surface area (Å²) in [6.07, 6.45) is 3.69. The maximum absolute atomic E-state index is 12.3. The van der Waals surface area contributed by atoms with Crippen LogP contribution in [0.5, 0.6) is 0 Å². The molecule has 1 amide bonds. The van der Waals surface area contributed by atoms with Crippen LogP contribution in [-0.4, -0.2) is 43.8 Å². The lowest BCUT2D eigenvalue weighted by Crippen LogP contribution is -2.13. The molecule has 0 unspecified atom stereocenters. The van der Waals surface area contributed by atoms with Gasteiger partial charge in [0.1, 0.15) is 0 Å². The molecular weight excluding hydrogens is 402 g/mol. The lowest BCUT2D eigenvalue weighted by Gasteiger charge is -2.08. The van der Waals surface area contributed by atoms with Crippen LogP contribution >= 0.6 is 0 Å². The monoisotopic (exact) mass is 431 g/mol. The van der Waals surface area contributed by atoms with Gasteiger partial charge in [0, 0.05) is 31.2 Å². The topological polar surface area (TPSA) is 108 Å². The fourth-order valence-electron chi connectivity index (χ4n) is 2.33. The number of benzene rings is 1. The Kier molecular flexibility index (Phi) is 11.4. The number of esters is 1. The van der Waals surface area contributed by atoms with Crippen molar-refractivity contribution >= 4 is 29.1 Å². The molecule has 0 heterocycles. The molecule has 1 aromatic rings. The second-order valence-electron chi connectivity index (χ2n) is 6.59.